The number of nitrogens with one attached hydrogen (secondary N) is 1. The number of H-pyrrole nitrogens is 1. The van der Waals surface area contributed by atoms with E-state index in [9.17, 15) is 4.79 Å². The summed E-state index contributed by atoms with van der Waals surface area (Å²) in [7, 11) is 0. The van der Waals surface area contributed by atoms with Crippen molar-refractivity contribution in [3.05, 3.63) is 33.5 Å². The highest BCUT2D eigenvalue weighted by Crippen LogP contribution is 2.14. The van der Waals surface area contributed by atoms with Crippen molar-refractivity contribution in [2.45, 2.75) is 39.8 Å². The van der Waals surface area contributed by atoms with Gasteiger partial charge in [0.15, 0.2) is 10.6 Å². The van der Waals surface area contributed by atoms with Crippen LogP contribution in [0, 0.1) is 4.77 Å². The molecular formula is C13H18N4OS. The molecule has 102 valence electrons. The fourth-order valence-corrected chi connectivity index (χ4v) is 2.26. The van der Waals surface area contributed by atoms with Crippen LogP contribution in [0.1, 0.15) is 33.2 Å². The molecule has 2 rings (SSSR count). The van der Waals surface area contributed by atoms with E-state index in [0.29, 0.717) is 16.2 Å². The molecule has 0 amide bonds. The van der Waals surface area contributed by atoms with Gasteiger partial charge < -0.3 is 9.13 Å². The average molecular weight is 278 g/mol. The quantitative estimate of drug-likeness (QED) is 0.875. The number of pyridine rings is 1. The third-order valence-electron chi connectivity index (χ3n) is 2.98. The van der Waals surface area contributed by atoms with E-state index in [1.807, 2.05) is 24.5 Å². The van der Waals surface area contributed by atoms with Gasteiger partial charge in [0.25, 0.3) is 5.56 Å². The second-order valence-electron chi connectivity index (χ2n) is 4.73. The molecule has 2 aromatic heterocycles. The maximum Gasteiger partial charge on any atom is 0.261 e. The van der Waals surface area contributed by atoms with Crippen LogP contribution in [0.25, 0.3) is 11.4 Å². The van der Waals surface area contributed by atoms with E-state index >= 15 is 0 Å². The minimum absolute atomic E-state index is 0.0381. The Morgan fingerprint density at radius 3 is 2.84 bits per heavy atom. The van der Waals surface area contributed by atoms with Crippen LogP contribution in [-0.2, 0) is 6.54 Å². The second-order valence-corrected chi connectivity index (χ2v) is 5.12. The average Bonchev–Trinajstić information content (AvgIpc) is 2.72. The molecule has 19 heavy (non-hydrogen) atoms. The summed E-state index contributed by atoms with van der Waals surface area (Å²) >= 11 is 5.20. The van der Waals surface area contributed by atoms with Gasteiger partial charge in [-0.1, -0.05) is 6.92 Å². The zero-order valence-corrected chi connectivity index (χ0v) is 12.2. The van der Waals surface area contributed by atoms with Gasteiger partial charge in [-0.05, 0) is 44.6 Å². The van der Waals surface area contributed by atoms with Crippen molar-refractivity contribution in [2.75, 3.05) is 0 Å². The molecule has 0 aliphatic carbocycles. The van der Waals surface area contributed by atoms with Crippen molar-refractivity contribution >= 4 is 12.2 Å². The van der Waals surface area contributed by atoms with Gasteiger partial charge in [-0.2, -0.15) is 5.10 Å². The van der Waals surface area contributed by atoms with Gasteiger partial charge in [0.05, 0.1) is 5.56 Å². The van der Waals surface area contributed by atoms with Gasteiger partial charge in [-0.25, -0.2) is 0 Å². The van der Waals surface area contributed by atoms with E-state index in [1.54, 1.807) is 16.8 Å². The summed E-state index contributed by atoms with van der Waals surface area (Å²) in [4.78, 5) is 12.4. The number of nitrogens with zero attached hydrogens (tertiary/aromatic N) is 3. The summed E-state index contributed by atoms with van der Waals surface area (Å²) in [5, 5.41) is 6.96. The Morgan fingerprint density at radius 1 is 1.47 bits per heavy atom. The fourth-order valence-electron chi connectivity index (χ4n) is 2.04. The highest BCUT2D eigenvalue weighted by Gasteiger charge is 2.14. The molecule has 0 saturated heterocycles. The summed E-state index contributed by atoms with van der Waals surface area (Å²) in [6, 6.07) is 3.78. The van der Waals surface area contributed by atoms with Crippen LogP contribution in [0.4, 0.5) is 0 Å². The van der Waals surface area contributed by atoms with E-state index in [0.717, 1.165) is 13.0 Å². The van der Waals surface area contributed by atoms with Gasteiger partial charge in [-0.15, -0.1) is 0 Å². The summed E-state index contributed by atoms with van der Waals surface area (Å²) in [5.74, 6) is 0.617. The van der Waals surface area contributed by atoms with Crippen LogP contribution in [0.5, 0.6) is 0 Å². The molecule has 0 spiro atoms. The number of hydrogen-bond donors (Lipinski definition) is 1. The molecular weight excluding hydrogens is 260 g/mol. The lowest BCUT2D eigenvalue weighted by molar-refractivity contribution is 0.578. The molecule has 0 bridgehead atoms. The molecule has 0 aromatic carbocycles. The van der Waals surface area contributed by atoms with Crippen molar-refractivity contribution < 1.29 is 0 Å². The Labute approximate surface area is 116 Å². The summed E-state index contributed by atoms with van der Waals surface area (Å²) < 4.78 is 4.12. The van der Waals surface area contributed by atoms with Crippen molar-refractivity contribution in [2.24, 2.45) is 0 Å². The first-order valence-corrected chi connectivity index (χ1v) is 6.83. The highest BCUT2D eigenvalue weighted by molar-refractivity contribution is 7.71. The SMILES string of the molecule is CCCn1c(-c2cccn(C(C)C)c2=O)n[nH]c1=S. The molecule has 0 aliphatic rings. The molecule has 0 aliphatic heterocycles. The number of rotatable bonds is 4. The van der Waals surface area contributed by atoms with E-state index in [2.05, 4.69) is 17.1 Å². The molecule has 0 fully saturated rings. The molecule has 1 N–H and O–H groups in total. The van der Waals surface area contributed by atoms with Crippen LogP contribution in [0.15, 0.2) is 23.1 Å². The van der Waals surface area contributed by atoms with E-state index in [4.69, 9.17) is 12.2 Å². The van der Waals surface area contributed by atoms with Crippen molar-refractivity contribution in [1.29, 1.82) is 0 Å². The lowest BCUT2D eigenvalue weighted by atomic mass is 10.2. The molecule has 5 nitrogen and oxygen atoms in total. The van der Waals surface area contributed by atoms with Crippen LogP contribution in [0.3, 0.4) is 0 Å². The number of aromatic nitrogens is 4. The van der Waals surface area contributed by atoms with Gasteiger partial charge in [-0.3, -0.25) is 9.89 Å². The second kappa shape index (κ2) is 5.52. The zero-order chi connectivity index (χ0) is 14.0. The normalized spacial score (nSPS) is 11.2. The Balaban J connectivity index is 2.63. The first-order chi connectivity index (χ1) is 9.06. The van der Waals surface area contributed by atoms with Gasteiger partial charge in [0.2, 0.25) is 0 Å². The van der Waals surface area contributed by atoms with Gasteiger partial charge >= 0.3 is 0 Å². The molecule has 0 atom stereocenters. The van der Waals surface area contributed by atoms with E-state index < -0.39 is 0 Å². The van der Waals surface area contributed by atoms with E-state index in [1.165, 1.54) is 0 Å². The van der Waals surface area contributed by atoms with Gasteiger partial charge in [0.1, 0.15) is 0 Å². The smallest absolute Gasteiger partial charge is 0.261 e. The summed E-state index contributed by atoms with van der Waals surface area (Å²) in [5.41, 5.74) is 0.542. The molecule has 0 saturated carbocycles. The topological polar surface area (TPSA) is 55.6 Å². The van der Waals surface area contributed by atoms with Crippen LogP contribution < -0.4 is 5.56 Å². The standard InChI is InChI=1S/C13H18N4OS/c1-4-7-17-11(14-15-13(17)19)10-6-5-8-16(9(2)3)12(10)18/h5-6,8-9H,4,7H2,1-3H3,(H,15,19). The zero-order valence-electron chi connectivity index (χ0n) is 11.4. The molecule has 0 unspecified atom stereocenters. The fraction of sp³-hybridized carbons (Fsp3) is 0.462. The number of aromatic amines is 1. The highest BCUT2D eigenvalue weighted by atomic mass is 32.1. The van der Waals surface area contributed by atoms with Crippen LogP contribution in [0.2, 0.25) is 0 Å². The maximum atomic E-state index is 12.4. The van der Waals surface area contributed by atoms with Crippen LogP contribution in [-0.4, -0.2) is 19.3 Å². The Morgan fingerprint density at radius 2 is 2.21 bits per heavy atom. The third-order valence-corrected chi connectivity index (χ3v) is 3.29. The Bertz CT molecular complexity index is 680. The Kier molecular flexibility index (Phi) is 3.99. The minimum Gasteiger partial charge on any atom is -0.312 e. The lowest BCUT2D eigenvalue weighted by Gasteiger charge is -2.11. The van der Waals surface area contributed by atoms with Gasteiger partial charge in [0, 0.05) is 18.8 Å². The first-order valence-electron chi connectivity index (χ1n) is 6.43. The molecule has 2 heterocycles. The van der Waals surface area contributed by atoms with Crippen molar-refractivity contribution in [3.63, 3.8) is 0 Å². The summed E-state index contributed by atoms with van der Waals surface area (Å²) in [6.45, 7) is 6.78. The maximum absolute atomic E-state index is 12.4. The molecule has 0 radical (unpaired) electrons. The Hall–Kier alpha value is -1.69. The lowest BCUT2D eigenvalue weighted by Crippen LogP contribution is -2.23. The first kappa shape index (κ1) is 13.7. The number of hydrogen-bond acceptors (Lipinski definition) is 3. The molecule has 2 aromatic rings. The largest absolute Gasteiger partial charge is 0.312 e. The molecule has 6 heteroatoms. The minimum atomic E-state index is -0.0381. The van der Waals surface area contributed by atoms with Crippen molar-refractivity contribution in [1.82, 2.24) is 19.3 Å². The third kappa shape index (κ3) is 2.53. The predicted molar refractivity (Wildman–Crippen MR) is 77.8 cm³/mol. The predicted octanol–water partition coefficient (Wildman–Crippen LogP) is 2.76. The summed E-state index contributed by atoms with van der Waals surface area (Å²) in [6.07, 6.45) is 2.73. The monoisotopic (exact) mass is 278 g/mol. The van der Waals surface area contributed by atoms with E-state index in [-0.39, 0.29) is 11.6 Å². The van der Waals surface area contributed by atoms with Crippen LogP contribution >= 0.6 is 12.2 Å². The van der Waals surface area contributed by atoms with Crippen molar-refractivity contribution in [3.8, 4) is 11.4 Å².